The van der Waals surface area contributed by atoms with Crippen LogP contribution in [0.5, 0.6) is 0 Å². The Bertz CT molecular complexity index is 1220. The maximum atomic E-state index is 13.0. The van der Waals surface area contributed by atoms with Gasteiger partial charge in [-0.25, -0.2) is 4.68 Å². The number of carbonyl (C=O) groups excluding carboxylic acids is 1. The van der Waals surface area contributed by atoms with Crippen LogP contribution in [0.4, 0.5) is 0 Å². The SMILES string of the molecule is Cc1ccc2c(CC(=O)N(C)Cc3c(C)nn(-c4ccccc4)c3C)coc2c1C. The summed E-state index contributed by atoms with van der Waals surface area (Å²) in [5, 5.41) is 5.71. The molecule has 0 aliphatic carbocycles. The van der Waals surface area contributed by atoms with Crippen LogP contribution in [-0.4, -0.2) is 27.6 Å². The van der Waals surface area contributed by atoms with Crippen molar-refractivity contribution in [3.8, 4) is 5.69 Å². The van der Waals surface area contributed by atoms with E-state index < -0.39 is 0 Å². The van der Waals surface area contributed by atoms with Crippen molar-refractivity contribution in [1.82, 2.24) is 14.7 Å². The van der Waals surface area contributed by atoms with Crippen LogP contribution >= 0.6 is 0 Å². The average Bonchev–Trinajstić information content (AvgIpc) is 3.27. The van der Waals surface area contributed by atoms with E-state index >= 15 is 0 Å². The number of rotatable bonds is 5. The molecule has 2 aromatic heterocycles. The molecule has 1 amide bonds. The van der Waals surface area contributed by atoms with Crippen LogP contribution in [-0.2, 0) is 17.8 Å². The Balaban J connectivity index is 1.54. The number of para-hydroxylation sites is 1. The number of hydrogen-bond acceptors (Lipinski definition) is 3. The van der Waals surface area contributed by atoms with E-state index in [4.69, 9.17) is 9.52 Å². The first-order chi connectivity index (χ1) is 14.4. The molecule has 154 valence electrons. The molecule has 5 heteroatoms. The molecule has 0 fully saturated rings. The lowest BCUT2D eigenvalue weighted by Crippen LogP contribution is -2.28. The number of carbonyl (C=O) groups is 1. The van der Waals surface area contributed by atoms with Gasteiger partial charge in [-0.15, -0.1) is 0 Å². The summed E-state index contributed by atoms with van der Waals surface area (Å²) in [6.07, 6.45) is 2.03. The van der Waals surface area contributed by atoms with Gasteiger partial charge in [-0.05, 0) is 51.0 Å². The van der Waals surface area contributed by atoms with E-state index in [1.807, 2.05) is 55.1 Å². The molecule has 0 bridgehead atoms. The molecule has 30 heavy (non-hydrogen) atoms. The molecule has 5 nitrogen and oxygen atoms in total. The van der Waals surface area contributed by atoms with Crippen molar-refractivity contribution in [2.24, 2.45) is 0 Å². The van der Waals surface area contributed by atoms with Crippen LogP contribution < -0.4 is 0 Å². The highest BCUT2D eigenvalue weighted by atomic mass is 16.3. The van der Waals surface area contributed by atoms with Crippen molar-refractivity contribution in [2.45, 2.75) is 40.7 Å². The van der Waals surface area contributed by atoms with Gasteiger partial charge in [0.25, 0.3) is 0 Å². The van der Waals surface area contributed by atoms with Gasteiger partial charge < -0.3 is 9.32 Å². The third-order valence-corrected chi connectivity index (χ3v) is 5.95. The predicted octanol–water partition coefficient (Wildman–Crippen LogP) is 5.05. The Morgan fingerprint density at radius 1 is 1.07 bits per heavy atom. The molecule has 0 spiro atoms. The highest BCUT2D eigenvalue weighted by Crippen LogP contribution is 2.27. The van der Waals surface area contributed by atoms with Crippen LogP contribution in [0.1, 0.15) is 33.6 Å². The number of furan rings is 1. The number of fused-ring (bicyclic) bond motifs is 1. The van der Waals surface area contributed by atoms with Crippen LogP contribution in [0.2, 0.25) is 0 Å². The number of amides is 1. The topological polar surface area (TPSA) is 51.3 Å². The number of hydrogen-bond donors (Lipinski definition) is 0. The molecular formula is C25H27N3O2. The normalized spacial score (nSPS) is 11.2. The van der Waals surface area contributed by atoms with Gasteiger partial charge in [0, 0.05) is 35.8 Å². The third-order valence-electron chi connectivity index (χ3n) is 5.95. The lowest BCUT2D eigenvalue weighted by atomic mass is 10.0. The van der Waals surface area contributed by atoms with E-state index in [2.05, 4.69) is 26.8 Å². The fourth-order valence-electron chi connectivity index (χ4n) is 3.87. The zero-order valence-corrected chi connectivity index (χ0v) is 18.2. The van der Waals surface area contributed by atoms with Gasteiger partial charge in [0.1, 0.15) is 5.58 Å². The van der Waals surface area contributed by atoms with Crippen LogP contribution in [0.3, 0.4) is 0 Å². The Labute approximate surface area is 176 Å². The van der Waals surface area contributed by atoms with E-state index in [-0.39, 0.29) is 5.91 Å². The first-order valence-corrected chi connectivity index (χ1v) is 10.2. The second-order valence-electron chi connectivity index (χ2n) is 7.97. The lowest BCUT2D eigenvalue weighted by molar-refractivity contribution is -0.129. The fraction of sp³-hybridized carbons (Fsp3) is 0.280. The summed E-state index contributed by atoms with van der Waals surface area (Å²) in [4.78, 5) is 14.7. The van der Waals surface area contributed by atoms with Gasteiger partial charge >= 0.3 is 0 Å². The van der Waals surface area contributed by atoms with Crippen molar-refractivity contribution < 1.29 is 9.21 Å². The third kappa shape index (κ3) is 3.52. The Morgan fingerprint density at radius 3 is 2.53 bits per heavy atom. The van der Waals surface area contributed by atoms with Crippen LogP contribution in [0.15, 0.2) is 53.1 Å². The standard InChI is InChI=1S/C25H27N3O2/c1-16-11-12-22-20(15-30-25(22)17(16)2)13-24(29)27(5)14-23-18(3)26-28(19(23)4)21-9-7-6-8-10-21/h6-12,15H,13-14H2,1-5H3. The summed E-state index contributed by atoms with van der Waals surface area (Å²) >= 11 is 0. The smallest absolute Gasteiger partial charge is 0.227 e. The van der Waals surface area contributed by atoms with Crippen LogP contribution in [0, 0.1) is 27.7 Å². The number of nitrogens with zero attached hydrogens (tertiary/aromatic N) is 3. The Hall–Kier alpha value is -3.34. The number of aryl methyl sites for hydroxylation is 3. The minimum atomic E-state index is 0.0576. The van der Waals surface area contributed by atoms with Crippen LogP contribution in [0.25, 0.3) is 16.7 Å². The van der Waals surface area contributed by atoms with Crippen molar-refractivity contribution in [3.63, 3.8) is 0 Å². The molecule has 0 aliphatic heterocycles. The number of benzene rings is 2. The van der Waals surface area contributed by atoms with Gasteiger partial charge in [0.05, 0.1) is 24.1 Å². The van der Waals surface area contributed by atoms with Crippen molar-refractivity contribution >= 4 is 16.9 Å². The van der Waals surface area contributed by atoms with E-state index in [1.165, 1.54) is 5.56 Å². The second-order valence-corrected chi connectivity index (χ2v) is 7.97. The first kappa shape index (κ1) is 20.0. The Kier molecular flexibility index (Phi) is 5.20. The first-order valence-electron chi connectivity index (χ1n) is 10.2. The maximum Gasteiger partial charge on any atom is 0.227 e. The molecule has 4 aromatic rings. The van der Waals surface area contributed by atoms with E-state index in [9.17, 15) is 4.79 Å². The van der Waals surface area contributed by atoms with Gasteiger partial charge in [-0.2, -0.15) is 5.10 Å². The zero-order valence-electron chi connectivity index (χ0n) is 18.2. The molecule has 4 rings (SSSR count). The second kappa shape index (κ2) is 7.82. The molecular weight excluding hydrogens is 374 g/mol. The van der Waals surface area contributed by atoms with Crippen molar-refractivity contribution in [3.05, 3.63) is 82.4 Å². The minimum absolute atomic E-state index is 0.0576. The molecule has 2 heterocycles. The molecule has 0 radical (unpaired) electrons. The predicted molar refractivity (Wildman–Crippen MR) is 119 cm³/mol. The summed E-state index contributed by atoms with van der Waals surface area (Å²) in [5.41, 5.74) is 8.21. The number of likely N-dealkylation sites (N-methyl/N-ethyl adjacent to an activating group) is 1. The summed E-state index contributed by atoms with van der Waals surface area (Å²) in [7, 11) is 1.85. The molecule has 0 unspecified atom stereocenters. The fourth-order valence-corrected chi connectivity index (χ4v) is 3.87. The Morgan fingerprint density at radius 2 is 1.80 bits per heavy atom. The molecule has 2 aromatic carbocycles. The van der Waals surface area contributed by atoms with Gasteiger partial charge in [0.2, 0.25) is 5.91 Å². The highest BCUT2D eigenvalue weighted by Gasteiger charge is 2.19. The van der Waals surface area contributed by atoms with E-state index in [0.717, 1.165) is 44.7 Å². The number of aromatic nitrogens is 2. The zero-order chi connectivity index (χ0) is 21.4. The van der Waals surface area contributed by atoms with E-state index in [1.54, 1.807) is 11.2 Å². The average molecular weight is 402 g/mol. The monoisotopic (exact) mass is 401 g/mol. The highest BCUT2D eigenvalue weighted by molar-refractivity contribution is 5.89. The molecule has 0 saturated carbocycles. The van der Waals surface area contributed by atoms with Gasteiger partial charge in [-0.1, -0.05) is 30.3 Å². The molecule has 0 N–H and O–H groups in total. The summed E-state index contributed by atoms with van der Waals surface area (Å²) in [5.74, 6) is 0.0576. The lowest BCUT2D eigenvalue weighted by Gasteiger charge is -2.17. The maximum absolute atomic E-state index is 13.0. The van der Waals surface area contributed by atoms with E-state index in [0.29, 0.717) is 13.0 Å². The van der Waals surface area contributed by atoms with Gasteiger partial charge in [0.15, 0.2) is 0 Å². The van der Waals surface area contributed by atoms with Crippen molar-refractivity contribution in [1.29, 1.82) is 0 Å². The summed E-state index contributed by atoms with van der Waals surface area (Å²) in [6, 6.07) is 14.2. The quantitative estimate of drug-likeness (QED) is 0.470. The van der Waals surface area contributed by atoms with Crippen molar-refractivity contribution in [2.75, 3.05) is 7.05 Å². The van der Waals surface area contributed by atoms with Gasteiger partial charge in [-0.3, -0.25) is 4.79 Å². The molecule has 0 aliphatic rings. The molecule has 0 saturated heterocycles. The molecule has 0 atom stereocenters. The summed E-state index contributed by atoms with van der Waals surface area (Å²) in [6.45, 7) is 8.69. The largest absolute Gasteiger partial charge is 0.464 e. The minimum Gasteiger partial charge on any atom is -0.464 e. The summed E-state index contributed by atoms with van der Waals surface area (Å²) < 4.78 is 7.71.